The molecule has 2 saturated heterocycles. The van der Waals surface area contributed by atoms with Crippen LogP contribution >= 0.6 is 11.6 Å². The van der Waals surface area contributed by atoms with E-state index in [1.165, 1.54) is 0 Å². The quantitative estimate of drug-likeness (QED) is 0.317. The number of nitrogens with zero attached hydrogens (tertiary/aromatic N) is 6. The van der Waals surface area contributed by atoms with E-state index in [-0.39, 0.29) is 36.1 Å². The van der Waals surface area contributed by atoms with Crippen molar-refractivity contribution in [1.82, 2.24) is 20.4 Å². The number of imide groups is 1. The second-order valence-corrected chi connectivity index (χ2v) is 14.6. The highest BCUT2D eigenvalue weighted by atomic mass is 35.5. The number of nitrogens with two attached hydrogens (primary N) is 1. The van der Waals surface area contributed by atoms with Crippen molar-refractivity contribution in [3.05, 3.63) is 76.4 Å². The zero-order valence-electron chi connectivity index (χ0n) is 28.1. The molecule has 1 aliphatic carbocycles. The highest BCUT2D eigenvalue weighted by Crippen LogP contribution is 2.59. The molecule has 3 heterocycles. The Bertz CT molecular complexity index is 1780. The van der Waals surface area contributed by atoms with E-state index in [1.807, 2.05) is 12.1 Å². The van der Waals surface area contributed by atoms with Crippen molar-refractivity contribution >= 4 is 40.8 Å². The van der Waals surface area contributed by atoms with Gasteiger partial charge in [-0.05, 0) is 42.3 Å². The summed E-state index contributed by atoms with van der Waals surface area (Å²) < 4.78 is 6.60. The predicted molar refractivity (Wildman–Crippen MR) is 185 cm³/mol. The third kappa shape index (κ3) is 6.53. The van der Waals surface area contributed by atoms with Gasteiger partial charge in [-0.3, -0.25) is 24.6 Å². The fourth-order valence-corrected chi connectivity index (χ4v) is 8.47. The Kier molecular flexibility index (Phi) is 9.26. The lowest BCUT2D eigenvalue weighted by Gasteiger charge is -2.67. The molecule has 2 aliphatic heterocycles. The zero-order chi connectivity index (χ0) is 35.1. The van der Waals surface area contributed by atoms with Crippen molar-refractivity contribution in [1.29, 1.82) is 5.26 Å². The topological polar surface area (TPSA) is 158 Å². The fraction of sp³-hybridized carbons (Fsp3) is 0.444. The minimum atomic E-state index is -0.609. The molecule has 49 heavy (non-hydrogen) atoms. The number of piperidine rings is 1. The summed E-state index contributed by atoms with van der Waals surface area (Å²) in [6.45, 7) is 12.3. The Morgan fingerprint density at radius 3 is 2.39 bits per heavy atom. The van der Waals surface area contributed by atoms with Crippen molar-refractivity contribution in [2.75, 3.05) is 36.0 Å². The van der Waals surface area contributed by atoms with Gasteiger partial charge in [0.2, 0.25) is 11.8 Å². The number of piperazine rings is 1. The number of anilines is 2. The summed E-state index contributed by atoms with van der Waals surface area (Å²) >= 11 is 6.35. The van der Waals surface area contributed by atoms with Gasteiger partial charge in [-0.1, -0.05) is 57.5 Å². The predicted octanol–water partition coefficient (Wildman–Crippen LogP) is 3.92. The van der Waals surface area contributed by atoms with Crippen LogP contribution in [0.5, 0.6) is 5.75 Å². The van der Waals surface area contributed by atoms with Crippen LogP contribution in [0.2, 0.25) is 5.02 Å². The smallest absolute Gasteiger partial charge is 0.269 e. The summed E-state index contributed by atoms with van der Waals surface area (Å²) in [7, 11) is 0. The van der Waals surface area contributed by atoms with E-state index < -0.39 is 22.8 Å². The van der Waals surface area contributed by atoms with Gasteiger partial charge >= 0.3 is 0 Å². The molecule has 0 spiro atoms. The van der Waals surface area contributed by atoms with Crippen molar-refractivity contribution in [3.8, 4) is 11.8 Å². The monoisotopic (exact) mass is 684 g/mol. The van der Waals surface area contributed by atoms with Crippen molar-refractivity contribution in [2.24, 2.45) is 16.6 Å². The van der Waals surface area contributed by atoms with Crippen LogP contribution in [0.4, 0.5) is 11.5 Å². The molecule has 13 heteroatoms. The number of para-hydroxylation sites is 1. The number of primary amides is 1. The van der Waals surface area contributed by atoms with Crippen LogP contribution in [-0.4, -0.2) is 77.2 Å². The van der Waals surface area contributed by atoms with E-state index in [9.17, 15) is 19.6 Å². The first-order valence-electron chi connectivity index (χ1n) is 16.5. The van der Waals surface area contributed by atoms with Crippen molar-refractivity contribution in [3.63, 3.8) is 0 Å². The van der Waals surface area contributed by atoms with Crippen LogP contribution < -0.4 is 25.6 Å². The van der Waals surface area contributed by atoms with E-state index in [4.69, 9.17) is 22.1 Å². The standard InChI is InChI=1S/C36H41ClN8O4/c1-35(2)33(36(3,4)34(35)49-24-10-9-22(20-38)25(37)19-24)45(28-12-14-30(46)40-32(28)48)27-8-6-5-7-23(27)21-43-15-17-44(18-16-43)29-13-11-26(31(39)47)41-42-29/h5-11,13,19,28,33-34H,12,14-18,21H2,1-4H3,(H2,39,47)(H,40,46,48). The average molecular weight is 685 g/mol. The molecule has 12 nitrogen and oxygen atoms in total. The maximum Gasteiger partial charge on any atom is 0.269 e. The average Bonchev–Trinajstić information content (AvgIpc) is 3.07. The van der Waals surface area contributed by atoms with Gasteiger partial charge in [0.05, 0.1) is 10.6 Å². The number of amides is 3. The Morgan fingerprint density at radius 1 is 1.06 bits per heavy atom. The Balaban J connectivity index is 1.26. The highest BCUT2D eigenvalue weighted by Gasteiger charge is 2.67. The molecule has 0 radical (unpaired) electrons. The number of hydrogen-bond donors (Lipinski definition) is 2. The largest absolute Gasteiger partial charge is 0.489 e. The summed E-state index contributed by atoms with van der Waals surface area (Å²) in [5, 5.41) is 20.4. The lowest BCUT2D eigenvalue weighted by atomic mass is 9.48. The maximum absolute atomic E-state index is 13.6. The molecule has 3 amide bonds. The lowest BCUT2D eigenvalue weighted by molar-refractivity contribution is -0.162. The van der Waals surface area contributed by atoms with Crippen molar-refractivity contribution in [2.45, 2.75) is 65.3 Å². The van der Waals surface area contributed by atoms with Gasteiger partial charge in [-0.25, -0.2) is 0 Å². The zero-order valence-corrected chi connectivity index (χ0v) is 28.9. The van der Waals surface area contributed by atoms with Crippen LogP contribution in [-0.2, 0) is 16.1 Å². The van der Waals surface area contributed by atoms with E-state index >= 15 is 0 Å². The molecule has 1 saturated carbocycles. The van der Waals surface area contributed by atoms with Gasteiger partial charge in [-0.15, -0.1) is 10.2 Å². The first-order chi connectivity index (χ1) is 23.3. The first-order valence-corrected chi connectivity index (χ1v) is 16.9. The number of aromatic nitrogens is 2. The Labute approximate surface area is 291 Å². The molecule has 256 valence electrons. The van der Waals surface area contributed by atoms with Crippen LogP contribution in [0.25, 0.3) is 0 Å². The fourth-order valence-electron chi connectivity index (χ4n) is 8.26. The van der Waals surface area contributed by atoms with Gasteiger partial charge in [0.25, 0.3) is 5.91 Å². The van der Waals surface area contributed by atoms with Crippen LogP contribution in [0.15, 0.2) is 54.6 Å². The molecule has 1 unspecified atom stereocenters. The molecule has 1 atom stereocenters. The summed E-state index contributed by atoms with van der Waals surface area (Å²) in [5.74, 6) is 0.117. The Hall–Kier alpha value is -4.73. The second kappa shape index (κ2) is 13.3. The van der Waals surface area contributed by atoms with Gasteiger partial charge in [0.1, 0.15) is 24.0 Å². The van der Waals surface area contributed by atoms with Crippen molar-refractivity contribution < 1.29 is 19.1 Å². The molecule has 3 aromatic rings. The molecule has 0 bridgehead atoms. The van der Waals surface area contributed by atoms with E-state index in [2.05, 4.69) is 76.1 Å². The molecule has 3 N–H and O–H groups in total. The third-order valence-electron chi connectivity index (χ3n) is 10.2. The van der Waals surface area contributed by atoms with Gasteiger partial charge in [0.15, 0.2) is 11.5 Å². The van der Waals surface area contributed by atoms with Crippen LogP contribution in [0, 0.1) is 22.2 Å². The second-order valence-electron chi connectivity index (χ2n) is 14.2. The number of carbonyl (C=O) groups is 3. The number of hydrogen-bond acceptors (Lipinski definition) is 10. The molecule has 2 aromatic carbocycles. The molecular weight excluding hydrogens is 644 g/mol. The maximum atomic E-state index is 13.6. The Morgan fingerprint density at radius 2 is 1.78 bits per heavy atom. The summed E-state index contributed by atoms with van der Waals surface area (Å²) in [5.41, 5.74) is 7.01. The first kappa shape index (κ1) is 34.1. The summed E-state index contributed by atoms with van der Waals surface area (Å²) in [4.78, 5) is 44.0. The minimum absolute atomic E-state index is 0.133. The molecular formula is C36H41ClN8O4. The summed E-state index contributed by atoms with van der Waals surface area (Å²) in [6, 6.07) is 18.1. The van der Waals surface area contributed by atoms with Crippen LogP contribution in [0.1, 0.15) is 62.2 Å². The number of nitriles is 1. The molecule has 3 aliphatic rings. The lowest BCUT2D eigenvalue weighted by Crippen LogP contribution is -2.77. The van der Waals surface area contributed by atoms with E-state index in [0.717, 1.165) is 37.4 Å². The molecule has 1 aromatic heterocycles. The van der Waals surface area contributed by atoms with Crippen LogP contribution in [0.3, 0.4) is 0 Å². The summed E-state index contributed by atoms with van der Waals surface area (Å²) in [6.07, 6.45) is 0.426. The number of carbonyl (C=O) groups excluding carboxylic acids is 3. The van der Waals surface area contributed by atoms with Gasteiger partial charge in [-0.2, -0.15) is 5.26 Å². The van der Waals surface area contributed by atoms with E-state index in [0.29, 0.717) is 35.1 Å². The number of halogens is 1. The number of ether oxygens (including phenoxy) is 1. The minimum Gasteiger partial charge on any atom is -0.489 e. The van der Waals surface area contributed by atoms with Gasteiger partial charge in [0, 0.05) is 67.8 Å². The number of benzene rings is 2. The number of rotatable bonds is 9. The third-order valence-corrected chi connectivity index (χ3v) is 10.5. The molecule has 3 fully saturated rings. The van der Waals surface area contributed by atoms with E-state index in [1.54, 1.807) is 30.3 Å². The highest BCUT2D eigenvalue weighted by molar-refractivity contribution is 6.31. The normalized spacial score (nSPS) is 23.2. The van der Waals surface area contributed by atoms with Gasteiger partial charge < -0.3 is 20.3 Å². The SMILES string of the molecule is CC1(C)C(Oc2ccc(C#N)c(Cl)c2)C(C)(C)C1N(c1ccccc1CN1CCN(c2ccc(C(N)=O)nn2)CC1)C1CCC(=O)NC1=O. The number of nitrogens with one attached hydrogen (secondary N) is 1. The molecule has 6 rings (SSSR count).